The second kappa shape index (κ2) is 4.53. The Labute approximate surface area is 98.6 Å². The number of nitrogens with one attached hydrogen (secondary N) is 1. The highest BCUT2D eigenvalue weighted by molar-refractivity contribution is 7.99. The van der Waals surface area contributed by atoms with Gasteiger partial charge in [-0.25, -0.2) is 4.98 Å². The van der Waals surface area contributed by atoms with Crippen molar-refractivity contribution in [2.24, 2.45) is 5.73 Å². The molecule has 0 saturated carbocycles. The average molecular weight is 231 g/mol. The van der Waals surface area contributed by atoms with E-state index >= 15 is 0 Å². The van der Waals surface area contributed by atoms with Gasteiger partial charge in [-0.1, -0.05) is 25.1 Å². The predicted molar refractivity (Wildman–Crippen MR) is 69.2 cm³/mol. The lowest BCUT2D eigenvalue weighted by Gasteiger charge is -2.07. The fraction of sp³-hybridized carbons (Fsp3) is 0.167. The first kappa shape index (κ1) is 11.0. The zero-order chi connectivity index (χ0) is 11.5. The monoisotopic (exact) mass is 231 g/mol. The van der Waals surface area contributed by atoms with Gasteiger partial charge in [0.05, 0.1) is 10.5 Å². The molecule has 0 radical (unpaired) electrons. The van der Waals surface area contributed by atoms with Gasteiger partial charge in [-0.3, -0.25) is 5.41 Å². The molecule has 0 spiro atoms. The average Bonchev–Trinajstić information content (AvgIpc) is 2.28. The summed E-state index contributed by atoms with van der Waals surface area (Å²) in [5, 5.41) is 9.45. The van der Waals surface area contributed by atoms with Gasteiger partial charge in [0.1, 0.15) is 5.84 Å². The summed E-state index contributed by atoms with van der Waals surface area (Å²) < 4.78 is 0. The first-order valence-corrected chi connectivity index (χ1v) is 6.08. The van der Waals surface area contributed by atoms with Crippen LogP contribution in [0.3, 0.4) is 0 Å². The summed E-state index contributed by atoms with van der Waals surface area (Å²) in [6.45, 7) is 2.08. The number of rotatable bonds is 3. The summed E-state index contributed by atoms with van der Waals surface area (Å²) in [6.07, 6.45) is 0. The molecule has 1 heterocycles. The number of fused-ring (bicyclic) bond motifs is 1. The highest BCUT2D eigenvalue weighted by Crippen LogP contribution is 2.23. The molecule has 82 valence electrons. The molecule has 0 aliphatic rings. The molecule has 4 heteroatoms. The van der Waals surface area contributed by atoms with Crippen molar-refractivity contribution in [2.75, 3.05) is 5.75 Å². The number of benzene rings is 1. The quantitative estimate of drug-likeness (QED) is 0.485. The minimum Gasteiger partial charge on any atom is -0.384 e. The van der Waals surface area contributed by atoms with Gasteiger partial charge in [0.2, 0.25) is 0 Å². The van der Waals surface area contributed by atoms with Crippen molar-refractivity contribution >= 4 is 28.5 Å². The van der Waals surface area contributed by atoms with Gasteiger partial charge in [0.15, 0.2) is 0 Å². The molecule has 0 bridgehead atoms. The Bertz CT molecular complexity index is 537. The smallest absolute Gasteiger partial charge is 0.123 e. The zero-order valence-electron chi connectivity index (χ0n) is 9.03. The van der Waals surface area contributed by atoms with Crippen LogP contribution in [0.15, 0.2) is 35.4 Å². The second-order valence-corrected chi connectivity index (χ2v) is 4.66. The lowest BCUT2D eigenvalue weighted by molar-refractivity contribution is 1.18. The number of pyridine rings is 1. The van der Waals surface area contributed by atoms with Crippen LogP contribution in [0.2, 0.25) is 0 Å². The third-order valence-corrected chi connectivity index (χ3v) is 3.07. The SMILES string of the molecule is CCSc1cc(C(=N)N)c2ccccc2n1. The number of aromatic nitrogens is 1. The van der Waals surface area contributed by atoms with E-state index in [2.05, 4.69) is 11.9 Å². The minimum absolute atomic E-state index is 0.0940. The molecule has 0 atom stereocenters. The highest BCUT2D eigenvalue weighted by atomic mass is 32.2. The fourth-order valence-electron chi connectivity index (χ4n) is 1.60. The summed E-state index contributed by atoms with van der Waals surface area (Å²) in [4.78, 5) is 4.52. The molecule has 3 N–H and O–H groups in total. The Morgan fingerprint density at radius 2 is 2.19 bits per heavy atom. The normalized spacial score (nSPS) is 10.6. The topological polar surface area (TPSA) is 62.8 Å². The summed E-state index contributed by atoms with van der Waals surface area (Å²) >= 11 is 1.66. The number of para-hydroxylation sites is 1. The van der Waals surface area contributed by atoms with Crippen molar-refractivity contribution in [3.05, 3.63) is 35.9 Å². The number of hydrogen-bond donors (Lipinski definition) is 2. The van der Waals surface area contributed by atoms with Crippen LogP contribution in [-0.4, -0.2) is 16.6 Å². The van der Waals surface area contributed by atoms with Crippen molar-refractivity contribution in [3.8, 4) is 0 Å². The lowest BCUT2D eigenvalue weighted by Crippen LogP contribution is -2.12. The fourth-order valence-corrected chi connectivity index (χ4v) is 2.26. The molecular weight excluding hydrogens is 218 g/mol. The standard InChI is InChI=1S/C12H13N3S/c1-2-16-11-7-9(12(13)14)8-5-3-4-6-10(8)15-11/h3-7H,2H2,1H3,(H3,13,14). The van der Waals surface area contributed by atoms with E-state index in [4.69, 9.17) is 11.1 Å². The predicted octanol–water partition coefficient (Wildman–Crippen LogP) is 2.63. The third-order valence-electron chi connectivity index (χ3n) is 2.28. The van der Waals surface area contributed by atoms with Gasteiger partial charge in [0.25, 0.3) is 0 Å². The molecule has 1 aromatic heterocycles. The Balaban J connectivity index is 2.68. The largest absolute Gasteiger partial charge is 0.384 e. The Kier molecular flexibility index (Phi) is 3.10. The van der Waals surface area contributed by atoms with Crippen molar-refractivity contribution in [1.82, 2.24) is 4.98 Å². The molecule has 1 aromatic carbocycles. The van der Waals surface area contributed by atoms with Gasteiger partial charge in [-0.05, 0) is 17.9 Å². The van der Waals surface area contributed by atoms with E-state index in [0.29, 0.717) is 0 Å². The van der Waals surface area contributed by atoms with E-state index in [1.165, 1.54) is 0 Å². The van der Waals surface area contributed by atoms with Gasteiger partial charge in [-0.15, -0.1) is 11.8 Å². The van der Waals surface area contributed by atoms with Crippen molar-refractivity contribution in [2.45, 2.75) is 11.9 Å². The molecule has 0 amide bonds. The molecule has 3 nitrogen and oxygen atoms in total. The summed E-state index contributed by atoms with van der Waals surface area (Å²) in [6, 6.07) is 9.66. The Morgan fingerprint density at radius 3 is 2.88 bits per heavy atom. The van der Waals surface area contributed by atoms with E-state index in [-0.39, 0.29) is 5.84 Å². The molecule has 16 heavy (non-hydrogen) atoms. The molecule has 0 aliphatic carbocycles. The molecule has 0 unspecified atom stereocenters. The molecular formula is C12H13N3S. The number of nitrogens with two attached hydrogens (primary N) is 1. The number of hydrogen-bond acceptors (Lipinski definition) is 3. The van der Waals surface area contributed by atoms with Crippen molar-refractivity contribution < 1.29 is 0 Å². The second-order valence-electron chi connectivity index (χ2n) is 3.37. The van der Waals surface area contributed by atoms with Gasteiger partial charge < -0.3 is 5.73 Å². The van der Waals surface area contributed by atoms with Crippen LogP contribution in [0.1, 0.15) is 12.5 Å². The van der Waals surface area contributed by atoms with Crippen LogP contribution in [0.5, 0.6) is 0 Å². The molecule has 2 aromatic rings. The number of thioether (sulfide) groups is 1. The molecule has 0 aliphatic heterocycles. The number of amidine groups is 1. The van der Waals surface area contributed by atoms with Crippen LogP contribution in [-0.2, 0) is 0 Å². The maximum absolute atomic E-state index is 7.59. The van der Waals surface area contributed by atoms with E-state index in [9.17, 15) is 0 Å². The van der Waals surface area contributed by atoms with E-state index in [0.717, 1.165) is 27.2 Å². The maximum Gasteiger partial charge on any atom is 0.123 e. The van der Waals surface area contributed by atoms with Crippen molar-refractivity contribution in [1.29, 1.82) is 5.41 Å². The van der Waals surface area contributed by atoms with E-state index < -0.39 is 0 Å². The third kappa shape index (κ3) is 2.02. The summed E-state index contributed by atoms with van der Waals surface area (Å²) in [5.74, 6) is 1.06. The Morgan fingerprint density at radius 1 is 1.44 bits per heavy atom. The van der Waals surface area contributed by atoms with Crippen molar-refractivity contribution in [3.63, 3.8) is 0 Å². The van der Waals surface area contributed by atoms with Gasteiger partial charge >= 0.3 is 0 Å². The zero-order valence-corrected chi connectivity index (χ0v) is 9.84. The van der Waals surface area contributed by atoms with E-state index in [1.807, 2.05) is 30.3 Å². The van der Waals surface area contributed by atoms with Crippen LogP contribution in [0.4, 0.5) is 0 Å². The number of nitrogen functional groups attached to an aromatic ring is 1. The summed E-state index contributed by atoms with van der Waals surface area (Å²) in [5.41, 5.74) is 7.25. The first-order valence-electron chi connectivity index (χ1n) is 5.09. The van der Waals surface area contributed by atoms with Crippen LogP contribution >= 0.6 is 11.8 Å². The lowest BCUT2D eigenvalue weighted by atomic mass is 10.1. The Hall–Kier alpha value is -1.55. The molecule has 2 rings (SSSR count). The highest BCUT2D eigenvalue weighted by Gasteiger charge is 2.07. The van der Waals surface area contributed by atoms with Crippen LogP contribution in [0.25, 0.3) is 10.9 Å². The van der Waals surface area contributed by atoms with Gasteiger partial charge in [0, 0.05) is 10.9 Å². The molecule has 0 saturated heterocycles. The number of nitrogens with zero attached hydrogens (tertiary/aromatic N) is 1. The van der Waals surface area contributed by atoms with Crippen LogP contribution in [0, 0.1) is 5.41 Å². The first-order chi connectivity index (χ1) is 7.72. The summed E-state index contributed by atoms with van der Waals surface area (Å²) in [7, 11) is 0. The maximum atomic E-state index is 7.59. The minimum atomic E-state index is 0.0940. The molecule has 0 fully saturated rings. The van der Waals surface area contributed by atoms with Crippen LogP contribution < -0.4 is 5.73 Å². The van der Waals surface area contributed by atoms with Gasteiger partial charge in [-0.2, -0.15) is 0 Å². The van der Waals surface area contributed by atoms with E-state index in [1.54, 1.807) is 11.8 Å².